The summed E-state index contributed by atoms with van der Waals surface area (Å²) in [5.41, 5.74) is 12.5. The zero-order valence-corrected chi connectivity index (χ0v) is 9.38. The average Bonchev–Trinajstić information content (AvgIpc) is 2.38. The third kappa shape index (κ3) is 2.10. The molecule has 4 nitrogen and oxygen atoms in total. The molecule has 0 heterocycles. The Hall–Kier alpha value is -1.62. The Morgan fingerprint density at radius 1 is 1.00 bits per heavy atom. The lowest BCUT2D eigenvalue weighted by Crippen LogP contribution is -2.27. The smallest absolute Gasteiger partial charge is 0.107 e. The molecular formula is C13H16N2O2. The van der Waals surface area contributed by atoms with Gasteiger partial charge < -0.3 is 21.7 Å². The number of nitrogens with two attached hydrogens (primary N) is 2. The van der Waals surface area contributed by atoms with Gasteiger partial charge in [0.25, 0.3) is 0 Å². The maximum absolute atomic E-state index is 10.0. The fourth-order valence-electron chi connectivity index (χ4n) is 1.94. The zero-order valence-electron chi connectivity index (χ0n) is 9.38. The maximum atomic E-state index is 10.0. The number of fused-ring (bicyclic) bond motifs is 1. The van der Waals surface area contributed by atoms with Gasteiger partial charge in [0.05, 0.1) is 6.10 Å². The fraction of sp³-hybridized carbons (Fsp3) is 0.231. The highest BCUT2D eigenvalue weighted by atomic mass is 16.3. The molecule has 0 amide bonds. The van der Waals surface area contributed by atoms with E-state index in [1.165, 1.54) is 0 Å². The van der Waals surface area contributed by atoms with Crippen molar-refractivity contribution in [3.8, 4) is 0 Å². The third-order valence-electron chi connectivity index (χ3n) is 2.92. The van der Waals surface area contributed by atoms with Crippen molar-refractivity contribution in [2.24, 2.45) is 5.73 Å². The van der Waals surface area contributed by atoms with Crippen molar-refractivity contribution in [3.63, 3.8) is 0 Å². The van der Waals surface area contributed by atoms with E-state index in [2.05, 4.69) is 0 Å². The van der Waals surface area contributed by atoms with Crippen LogP contribution in [0.2, 0.25) is 0 Å². The molecule has 90 valence electrons. The molecule has 2 unspecified atom stereocenters. The minimum atomic E-state index is -0.995. The number of hydrogen-bond acceptors (Lipinski definition) is 4. The molecule has 6 N–H and O–H groups in total. The minimum Gasteiger partial charge on any atom is -0.398 e. The first kappa shape index (κ1) is 11.9. The first-order valence-electron chi connectivity index (χ1n) is 5.48. The number of aliphatic hydroxyl groups is 2. The first-order valence-corrected chi connectivity index (χ1v) is 5.48. The van der Waals surface area contributed by atoms with Crippen LogP contribution < -0.4 is 11.5 Å². The van der Waals surface area contributed by atoms with Gasteiger partial charge in [-0.15, -0.1) is 0 Å². The van der Waals surface area contributed by atoms with E-state index in [1.54, 1.807) is 12.1 Å². The van der Waals surface area contributed by atoms with E-state index in [4.69, 9.17) is 11.5 Å². The third-order valence-corrected chi connectivity index (χ3v) is 2.92. The molecule has 0 aliphatic carbocycles. The summed E-state index contributed by atoms with van der Waals surface area (Å²) in [5.74, 6) is 0. The largest absolute Gasteiger partial charge is 0.398 e. The summed E-state index contributed by atoms with van der Waals surface area (Å²) in [7, 11) is 0. The molecule has 2 aromatic carbocycles. The second-order valence-corrected chi connectivity index (χ2v) is 4.04. The Bertz CT molecular complexity index is 528. The highest BCUT2D eigenvalue weighted by Crippen LogP contribution is 2.29. The molecule has 2 aromatic rings. The summed E-state index contributed by atoms with van der Waals surface area (Å²) in [5, 5.41) is 21.3. The van der Waals surface area contributed by atoms with Crippen molar-refractivity contribution >= 4 is 16.5 Å². The summed E-state index contributed by atoms with van der Waals surface area (Å²) in [6, 6.07) is 11.0. The molecule has 0 aromatic heterocycles. The quantitative estimate of drug-likeness (QED) is 0.588. The number of hydrogen-bond donors (Lipinski definition) is 4. The Balaban J connectivity index is 2.59. The Kier molecular flexibility index (Phi) is 3.28. The predicted molar refractivity (Wildman–Crippen MR) is 68.4 cm³/mol. The SMILES string of the molecule is NCC(O)C(O)c1ccc(N)c2ccccc12. The molecule has 0 radical (unpaired) electrons. The van der Waals surface area contributed by atoms with Crippen LogP contribution >= 0.6 is 0 Å². The van der Waals surface area contributed by atoms with Crippen molar-refractivity contribution in [2.45, 2.75) is 12.2 Å². The summed E-state index contributed by atoms with van der Waals surface area (Å²) in [6.07, 6.45) is -1.97. The lowest BCUT2D eigenvalue weighted by molar-refractivity contribution is 0.0252. The molecule has 0 saturated carbocycles. The topological polar surface area (TPSA) is 92.5 Å². The molecule has 0 aliphatic rings. The minimum absolute atomic E-state index is 0.0138. The van der Waals surface area contributed by atoms with Gasteiger partial charge in [0.2, 0.25) is 0 Å². The average molecular weight is 232 g/mol. The van der Waals surface area contributed by atoms with Gasteiger partial charge in [0.15, 0.2) is 0 Å². The number of aliphatic hydroxyl groups excluding tert-OH is 2. The summed E-state index contributed by atoms with van der Waals surface area (Å²) in [6.45, 7) is 0.0138. The second-order valence-electron chi connectivity index (χ2n) is 4.04. The molecule has 4 heteroatoms. The summed E-state index contributed by atoms with van der Waals surface area (Å²) < 4.78 is 0. The van der Waals surface area contributed by atoms with Crippen LogP contribution in [0.3, 0.4) is 0 Å². The summed E-state index contributed by atoms with van der Waals surface area (Å²) >= 11 is 0. The molecule has 0 saturated heterocycles. The van der Waals surface area contributed by atoms with Crippen LogP contribution in [-0.4, -0.2) is 22.9 Å². The number of rotatable bonds is 3. The lowest BCUT2D eigenvalue weighted by Gasteiger charge is -2.18. The van der Waals surface area contributed by atoms with Gasteiger partial charge in [-0.25, -0.2) is 0 Å². The van der Waals surface area contributed by atoms with Gasteiger partial charge in [-0.2, -0.15) is 0 Å². The van der Waals surface area contributed by atoms with Crippen molar-refractivity contribution < 1.29 is 10.2 Å². The van der Waals surface area contributed by atoms with E-state index in [-0.39, 0.29) is 6.54 Å². The van der Waals surface area contributed by atoms with Gasteiger partial charge in [0.1, 0.15) is 6.10 Å². The molecule has 0 spiro atoms. The van der Waals surface area contributed by atoms with Gasteiger partial charge in [-0.3, -0.25) is 0 Å². The maximum Gasteiger partial charge on any atom is 0.107 e. The number of nitrogen functional groups attached to an aromatic ring is 1. The van der Waals surface area contributed by atoms with Crippen LogP contribution in [-0.2, 0) is 0 Å². The van der Waals surface area contributed by atoms with Crippen LogP contribution in [0.5, 0.6) is 0 Å². The van der Waals surface area contributed by atoms with E-state index >= 15 is 0 Å². The van der Waals surface area contributed by atoms with Crippen LogP contribution in [0.15, 0.2) is 36.4 Å². The van der Waals surface area contributed by atoms with Crippen molar-refractivity contribution in [1.29, 1.82) is 0 Å². The van der Waals surface area contributed by atoms with Crippen LogP contribution in [0.1, 0.15) is 11.7 Å². The Labute approximate surface area is 99.5 Å². The van der Waals surface area contributed by atoms with Crippen molar-refractivity contribution in [1.82, 2.24) is 0 Å². The highest BCUT2D eigenvalue weighted by molar-refractivity contribution is 5.95. The van der Waals surface area contributed by atoms with E-state index in [0.29, 0.717) is 11.3 Å². The molecule has 0 fully saturated rings. The van der Waals surface area contributed by atoms with Gasteiger partial charge in [-0.05, 0) is 17.0 Å². The molecule has 17 heavy (non-hydrogen) atoms. The molecule has 2 rings (SSSR count). The Morgan fingerprint density at radius 2 is 1.65 bits per heavy atom. The molecule has 0 aliphatic heterocycles. The van der Waals surface area contributed by atoms with Crippen molar-refractivity contribution in [3.05, 3.63) is 42.0 Å². The van der Waals surface area contributed by atoms with Crippen LogP contribution in [0.25, 0.3) is 10.8 Å². The van der Waals surface area contributed by atoms with E-state index in [1.807, 2.05) is 24.3 Å². The number of anilines is 1. The molecular weight excluding hydrogens is 216 g/mol. The van der Waals surface area contributed by atoms with Gasteiger partial charge >= 0.3 is 0 Å². The number of benzene rings is 2. The molecule has 0 bridgehead atoms. The standard InChI is InChI=1S/C13H16N2O2/c14-7-12(16)13(17)10-5-6-11(15)9-4-2-1-3-8(9)10/h1-6,12-13,16-17H,7,14-15H2. The van der Waals surface area contributed by atoms with Gasteiger partial charge in [0, 0.05) is 17.6 Å². The van der Waals surface area contributed by atoms with Crippen LogP contribution in [0, 0.1) is 0 Å². The van der Waals surface area contributed by atoms with Gasteiger partial charge in [-0.1, -0.05) is 30.3 Å². The summed E-state index contributed by atoms with van der Waals surface area (Å²) in [4.78, 5) is 0. The lowest BCUT2D eigenvalue weighted by atomic mass is 9.96. The monoisotopic (exact) mass is 232 g/mol. The highest BCUT2D eigenvalue weighted by Gasteiger charge is 2.19. The van der Waals surface area contributed by atoms with Crippen molar-refractivity contribution in [2.75, 3.05) is 12.3 Å². The van der Waals surface area contributed by atoms with E-state index in [9.17, 15) is 10.2 Å². The van der Waals surface area contributed by atoms with Crippen LogP contribution in [0.4, 0.5) is 5.69 Å². The second kappa shape index (κ2) is 4.71. The zero-order chi connectivity index (χ0) is 12.4. The normalized spacial score (nSPS) is 14.8. The van der Waals surface area contributed by atoms with E-state index < -0.39 is 12.2 Å². The van der Waals surface area contributed by atoms with E-state index in [0.717, 1.165) is 10.8 Å². The Morgan fingerprint density at radius 3 is 2.29 bits per heavy atom. The predicted octanol–water partition coefficient (Wildman–Crippen LogP) is 0.775. The fourth-order valence-corrected chi connectivity index (χ4v) is 1.94. The molecule has 2 atom stereocenters. The first-order chi connectivity index (χ1) is 8.15.